The second kappa shape index (κ2) is 63.2. The van der Waals surface area contributed by atoms with Gasteiger partial charge in [-0.05, 0) is 210 Å². The lowest BCUT2D eigenvalue weighted by Crippen LogP contribution is -2.18. The van der Waals surface area contributed by atoms with E-state index in [4.69, 9.17) is 68.3 Å². The van der Waals surface area contributed by atoms with E-state index in [0.29, 0.717) is 113 Å². The Morgan fingerprint density at radius 3 is 0.627 bits per heavy atom. The molecule has 6 aromatic rings. The number of hydrogen-bond donors (Lipinski definition) is 2. The summed E-state index contributed by atoms with van der Waals surface area (Å²) in [5.74, 6) is -4.21. The number of aryl methyl sites for hydroxylation is 2. The van der Waals surface area contributed by atoms with E-state index in [1.54, 1.807) is 109 Å². The van der Waals surface area contributed by atoms with Gasteiger partial charge in [-0.25, -0.2) is 38.4 Å². The summed E-state index contributed by atoms with van der Waals surface area (Å²) in [6, 6.07) is 31.9. The van der Waals surface area contributed by atoms with Gasteiger partial charge in [0.1, 0.15) is 46.0 Å². The quantitative estimate of drug-likeness (QED) is 0.0118. The maximum atomic E-state index is 14.1. The third-order valence-corrected chi connectivity index (χ3v) is 21.0. The lowest BCUT2D eigenvalue weighted by Gasteiger charge is -2.16. The standard InChI is InChI=1S/C102H132N2O22/c1-5-91(105)119-69-43-33-23-13-9-19-29-39-65-115-83-57-49-77(50-58-83)99(111)123-87-73-81(95(89(75-87)97(103)109)125-101(113)79-53-61-85(62-54-79)117-67-41-31-21-11-15-25-35-45-71-121-93(107)7-3)47-37-27-17-18-28-38-48-82-74-88(124-100(112)78-51-59-84(60-52-78)116-66-40-30-20-10-14-24-34-44-70-120-92(106)6-2)76-90(98(104)110)96(82)126-102(114)80-55-63-86(64-56-80)118-68-42-32-22-12-16-26-36-46-72-122-94(108)8-4/h5-8,49-64,73-76H,1-4,9-48,65-72H2,(H2,103,109)(H2,104,110). The summed E-state index contributed by atoms with van der Waals surface area (Å²) in [5.41, 5.74) is 13.4. The molecule has 126 heavy (non-hydrogen) atoms. The van der Waals surface area contributed by atoms with Crippen molar-refractivity contribution in [2.24, 2.45) is 11.5 Å². The minimum absolute atomic E-state index is 0.00743. The maximum absolute atomic E-state index is 14.1. The molecule has 24 heteroatoms. The molecule has 6 rings (SSSR count). The number of carbonyl (C=O) groups is 10. The predicted octanol–water partition coefficient (Wildman–Crippen LogP) is 21.8. The van der Waals surface area contributed by atoms with Crippen molar-refractivity contribution in [2.75, 3.05) is 52.9 Å². The minimum Gasteiger partial charge on any atom is -0.494 e. The van der Waals surface area contributed by atoms with Crippen molar-refractivity contribution in [1.82, 2.24) is 0 Å². The molecule has 682 valence electrons. The summed E-state index contributed by atoms with van der Waals surface area (Å²) in [5, 5.41) is 0. The van der Waals surface area contributed by atoms with Gasteiger partial charge in [-0.1, -0.05) is 206 Å². The normalized spacial score (nSPS) is 10.8. The van der Waals surface area contributed by atoms with Crippen molar-refractivity contribution in [3.8, 4) is 46.0 Å². The van der Waals surface area contributed by atoms with Gasteiger partial charge in [0.2, 0.25) is 0 Å². The smallest absolute Gasteiger partial charge is 0.343 e. The van der Waals surface area contributed by atoms with Crippen LogP contribution < -0.4 is 49.4 Å². The highest BCUT2D eigenvalue weighted by molar-refractivity contribution is 6.01. The summed E-state index contributed by atoms with van der Waals surface area (Å²) in [7, 11) is 0. The molecule has 0 spiro atoms. The number of primary amides is 2. The predicted molar refractivity (Wildman–Crippen MR) is 485 cm³/mol. The van der Waals surface area contributed by atoms with E-state index in [1.165, 1.54) is 36.4 Å². The summed E-state index contributed by atoms with van der Waals surface area (Å²) in [4.78, 5) is 128. The van der Waals surface area contributed by atoms with Gasteiger partial charge in [0.25, 0.3) is 11.8 Å². The van der Waals surface area contributed by atoms with E-state index in [1.807, 2.05) is 0 Å². The van der Waals surface area contributed by atoms with Crippen LogP contribution in [0.5, 0.6) is 46.0 Å². The summed E-state index contributed by atoms with van der Waals surface area (Å²) >= 11 is 0. The minimum atomic E-state index is -0.922. The number of benzene rings is 6. The van der Waals surface area contributed by atoms with E-state index in [2.05, 4.69) is 26.3 Å². The van der Waals surface area contributed by atoms with Crippen LogP contribution in [0.15, 0.2) is 172 Å². The van der Waals surface area contributed by atoms with E-state index in [-0.39, 0.29) is 69.2 Å². The van der Waals surface area contributed by atoms with Crippen LogP contribution in [0.3, 0.4) is 0 Å². The molecule has 0 aliphatic carbocycles. The van der Waals surface area contributed by atoms with Crippen molar-refractivity contribution in [1.29, 1.82) is 0 Å². The molecule has 0 bridgehead atoms. The van der Waals surface area contributed by atoms with Gasteiger partial charge >= 0.3 is 47.8 Å². The molecule has 0 saturated carbocycles. The molecular formula is C102H132N2O22. The first-order chi connectivity index (χ1) is 61.4. The van der Waals surface area contributed by atoms with Crippen LogP contribution in [0.2, 0.25) is 0 Å². The maximum Gasteiger partial charge on any atom is 0.343 e. The SMILES string of the molecule is C=CC(=O)OCCCCCCCCCCOc1ccc(C(=O)Oc2cc(CCCCCCCCc3cc(OC(=O)c4ccc(OCCCCCCCCCCOC(=O)C=C)cc4)cc(C(N)=O)c3OC(=O)c3ccc(OCCCCCCCCCCOC(=O)C=C)cc3)c(OC(=O)c3ccc(OCCCCCCCCCCOC(=O)C=C)cc3)c(C(N)=O)c2)cc1. The highest BCUT2D eigenvalue weighted by Gasteiger charge is 2.26. The Morgan fingerprint density at radius 2 is 0.421 bits per heavy atom. The number of unbranched alkanes of at least 4 members (excludes halogenated alkanes) is 33. The van der Waals surface area contributed by atoms with Crippen LogP contribution in [0.25, 0.3) is 0 Å². The molecule has 0 aliphatic heterocycles. The average molecular weight is 1740 g/mol. The fourth-order valence-electron chi connectivity index (χ4n) is 13.9. The lowest BCUT2D eigenvalue weighted by atomic mass is 9.99. The van der Waals surface area contributed by atoms with Crippen LogP contribution in [0.1, 0.15) is 317 Å². The van der Waals surface area contributed by atoms with Crippen LogP contribution in [-0.4, -0.2) is 112 Å². The topological polar surface area (TPSA) is 333 Å². The first-order valence-electron chi connectivity index (χ1n) is 45.3. The lowest BCUT2D eigenvalue weighted by molar-refractivity contribution is -0.138. The van der Waals surface area contributed by atoms with E-state index in [0.717, 1.165) is 218 Å². The van der Waals surface area contributed by atoms with Crippen LogP contribution in [-0.2, 0) is 51.0 Å². The Morgan fingerprint density at radius 1 is 0.230 bits per heavy atom. The van der Waals surface area contributed by atoms with Crippen molar-refractivity contribution >= 4 is 59.6 Å². The van der Waals surface area contributed by atoms with E-state index in [9.17, 15) is 47.9 Å². The summed E-state index contributed by atoms with van der Waals surface area (Å²) in [6.07, 6.45) is 41.0. The van der Waals surface area contributed by atoms with Gasteiger partial charge in [0.15, 0.2) is 0 Å². The van der Waals surface area contributed by atoms with Crippen molar-refractivity contribution in [2.45, 2.75) is 257 Å². The van der Waals surface area contributed by atoms with Crippen molar-refractivity contribution in [3.05, 3.63) is 216 Å². The van der Waals surface area contributed by atoms with Gasteiger partial charge in [-0.15, -0.1) is 0 Å². The summed E-state index contributed by atoms with van der Waals surface area (Å²) < 4.78 is 68.2. The molecule has 24 nitrogen and oxygen atoms in total. The van der Waals surface area contributed by atoms with Gasteiger partial charge < -0.3 is 68.3 Å². The van der Waals surface area contributed by atoms with Gasteiger partial charge in [-0.2, -0.15) is 0 Å². The van der Waals surface area contributed by atoms with Crippen LogP contribution in [0.4, 0.5) is 0 Å². The molecule has 0 aliphatic rings. The number of amides is 2. The zero-order valence-electron chi connectivity index (χ0n) is 73.8. The molecule has 0 atom stereocenters. The Balaban J connectivity index is 1.09. The Hall–Kier alpha value is -11.8. The molecule has 0 heterocycles. The molecule has 2 amide bonds. The highest BCUT2D eigenvalue weighted by Crippen LogP contribution is 2.36. The largest absolute Gasteiger partial charge is 0.494 e. The second-order valence-electron chi connectivity index (χ2n) is 31.1. The number of hydrogen-bond acceptors (Lipinski definition) is 22. The summed E-state index contributed by atoms with van der Waals surface area (Å²) in [6.45, 7) is 17.2. The third-order valence-electron chi connectivity index (χ3n) is 21.0. The molecule has 0 fully saturated rings. The number of ether oxygens (including phenoxy) is 12. The molecule has 0 aromatic heterocycles. The Labute approximate surface area is 744 Å². The zero-order chi connectivity index (χ0) is 90.4. The van der Waals surface area contributed by atoms with Crippen LogP contribution in [0, 0.1) is 0 Å². The molecular weight excluding hydrogens is 1610 g/mol. The van der Waals surface area contributed by atoms with Gasteiger partial charge in [0, 0.05) is 24.3 Å². The first-order valence-corrected chi connectivity index (χ1v) is 45.3. The van der Waals surface area contributed by atoms with Crippen LogP contribution >= 0.6 is 0 Å². The number of rotatable bonds is 71. The van der Waals surface area contributed by atoms with E-state index < -0.39 is 59.6 Å². The van der Waals surface area contributed by atoms with Gasteiger partial charge in [-0.3, -0.25) is 9.59 Å². The third kappa shape index (κ3) is 43.2. The Kier molecular flexibility index (Phi) is 51.6. The zero-order valence-corrected chi connectivity index (χ0v) is 73.8. The Bertz CT molecular complexity index is 4050. The fourth-order valence-corrected chi connectivity index (χ4v) is 13.9. The number of nitrogens with two attached hydrogens (primary N) is 2. The molecule has 0 unspecified atom stereocenters. The van der Waals surface area contributed by atoms with Crippen molar-refractivity contribution in [3.63, 3.8) is 0 Å². The van der Waals surface area contributed by atoms with E-state index >= 15 is 0 Å². The average Bonchev–Trinajstić information content (AvgIpc) is 0.805. The first kappa shape index (κ1) is 103. The van der Waals surface area contributed by atoms with Gasteiger partial charge in [0.05, 0.1) is 86.2 Å². The van der Waals surface area contributed by atoms with Crippen molar-refractivity contribution < 1.29 is 105 Å². The molecule has 0 saturated heterocycles. The molecule has 6 aromatic carbocycles. The monoisotopic (exact) mass is 1740 g/mol. The molecule has 0 radical (unpaired) electrons. The fraction of sp³-hybridized carbons (Fsp3) is 0.471. The second-order valence-corrected chi connectivity index (χ2v) is 31.1. The number of carbonyl (C=O) groups excluding carboxylic acids is 10. The molecule has 4 N–H and O–H groups in total. The number of esters is 8. The highest BCUT2D eigenvalue weighted by atomic mass is 16.6.